The first-order chi connectivity index (χ1) is 9.69. The number of hydrogen-bond acceptors (Lipinski definition) is 4. The van der Waals surface area contributed by atoms with Crippen LogP contribution in [0.4, 0.5) is 0 Å². The van der Waals surface area contributed by atoms with Gasteiger partial charge in [-0.3, -0.25) is 0 Å². The molecule has 0 aromatic rings. The summed E-state index contributed by atoms with van der Waals surface area (Å²) in [5.41, 5.74) is -0.0379. The molecule has 2 fully saturated rings. The minimum atomic E-state index is -0.0379. The second-order valence-electron chi connectivity index (χ2n) is 6.76. The average Bonchev–Trinajstić information content (AvgIpc) is 3.19. The lowest BCUT2D eigenvalue weighted by Crippen LogP contribution is -2.48. The van der Waals surface area contributed by atoms with Crippen molar-refractivity contribution in [3.8, 4) is 0 Å². The largest absolute Gasteiger partial charge is 0.394 e. The highest BCUT2D eigenvalue weighted by Gasteiger charge is 2.39. The number of aliphatic hydroxyl groups excluding tert-OH is 1. The molecule has 0 spiro atoms. The van der Waals surface area contributed by atoms with Crippen molar-refractivity contribution >= 4 is 0 Å². The van der Waals surface area contributed by atoms with Crippen LogP contribution in [0.3, 0.4) is 0 Å². The van der Waals surface area contributed by atoms with Crippen molar-refractivity contribution in [1.82, 2.24) is 10.2 Å². The van der Waals surface area contributed by atoms with Gasteiger partial charge in [-0.1, -0.05) is 6.92 Å². The zero-order valence-electron chi connectivity index (χ0n) is 13.2. The number of nitrogens with one attached hydrogen (secondary N) is 1. The van der Waals surface area contributed by atoms with Gasteiger partial charge in [-0.15, -0.1) is 0 Å². The van der Waals surface area contributed by atoms with Gasteiger partial charge in [-0.2, -0.15) is 0 Å². The summed E-state index contributed by atoms with van der Waals surface area (Å²) < 4.78 is 5.72. The fourth-order valence-electron chi connectivity index (χ4n) is 3.15. The molecule has 20 heavy (non-hydrogen) atoms. The van der Waals surface area contributed by atoms with Crippen LogP contribution in [0.2, 0.25) is 0 Å². The summed E-state index contributed by atoms with van der Waals surface area (Å²) in [7, 11) is 2.19. The normalized spacial score (nSPS) is 30.3. The van der Waals surface area contributed by atoms with Crippen molar-refractivity contribution in [2.24, 2.45) is 5.92 Å². The van der Waals surface area contributed by atoms with E-state index in [-0.39, 0.29) is 12.1 Å². The maximum Gasteiger partial charge on any atom is 0.0613 e. The van der Waals surface area contributed by atoms with Crippen LogP contribution in [0, 0.1) is 5.92 Å². The summed E-state index contributed by atoms with van der Waals surface area (Å²) in [6, 6.07) is 0.580. The van der Waals surface area contributed by atoms with Crippen molar-refractivity contribution in [3.05, 3.63) is 0 Å². The highest BCUT2D eigenvalue weighted by atomic mass is 16.5. The van der Waals surface area contributed by atoms with Crippen molar-refractivity contribution < 1.29 is 9.84 Å². The van der Waals surface area contributed by atoms with Crippen LogP contribution in [0.25, 0.3) is 0 Å². The predicted molar refractivity (Wildman–Crippen MR) is 81.9 cm³/mol. The maximum absolute atomic E-state index is 9.72. The molecular weight excluding hydrogens is 252 g/mol. The van der Waals surface area contributed by atoms with Crippen molar-refractivity contribution in [1.29, 1.82) is 0 Å². The molecule has 0 heterocycles. The van der Waals surface area contributed by atoms with E-state index in [0.717, 1.165) is 51.5 Å². The molecule has 4 nitrogen and oxygen atoms in total. The fourth-order valence-corrected chi connectivity index (χ4v) is 3.15. The Bertz CT molecular complexity index is 284. The Morgan fingerprint density at radius 1 is 1.35 bits per heavy atom. The second-order valence-corrected chi connectivity index (χ2v) is 6.76. The Hall–Kier alpha value is -0.160. The second kappa shape index (κ2) is 7.74. The number of hydrogen-bond donors (Lipinski definition) is 2. The monoisotopic (exact) mass is 284 g/mol. The molecular formula is C16H32N2O2. The van der Waals surface area contributed by atoms with E-state index in [4.69, 9.17) is 4.74 Å². The standard InChI is InChI=1S/C16H32N2O2/c1-3-8-17-16(13-19)7-6-15(11-16)18(2)9-10-20-12-14-4-5-14/h14-15,17,19H,3-13H2,1-2H3. The number of ether oxygens (including phenoxy) is 1. The third-order valence-corrected chi connectivity index (χ3v) is 4.90. The Labute approximate surface area is 123 Å². The number of likely N-dealkylation sites (N-methyl/N-ethyl adjacent to an activating group) is 1. The van der Waals surface area contributed by atoms with Gasteiger partial charge in [0.15, 0.2) is 0 Å². The minimum absolute atomic E-state index is 0.0379. The summed E-state index contributed by atoms with van der Waals surface area (Å²) in [5, 5.41) is 13.3. The quantitative estimate of drug-likeness (QED) is 0.599. The van der Waals surface area contributed by atoms with Crippen LogP contribution in [0.15, 0.2) is 0 Å². The highest BCUT2D eigenvalue weighted by molar-refractivity contribution is 4.98. The first-order valence-electron chi connectivity index (χ1n) is 8.33. The summed E-state index contributed by atoms with van der Waals surface area (Å²) in [6.07, 6.45) is 7.17. The lowest BCUT2D eigenvalue weighted by Gasteiger charge is -2.30. The van der Waals surface area contributed by atoms with Gasteiger partial charge in [0.05, 0.1) is 13.2 Å². The minimum Gasteiger partial charge on any atom is -0.394 e. The molecule has 0 aliphatic heterocycles. The summed E-state index contributed by atoms with van der Waals surface area (Å²) >= 11 is 0. The molecule has 0 aromatic heterocycles. The van der Waals surface area contributed by atoms with E-state index < -0.39 is 0 Å². The van der Waals surface area contributed by atoms with E-state index in [1.807, 2.05) is 0 Å². The van der Waals surface area contributed by atoms with E-state index in [1.54, 1.807) is 0 Å². The molecule has 0 bridgehead atoms. The Balaban J connectivity index is 1.66. The topological polar surface area (TPSA) is 44.7 Å². The van der Waals surface area contributed by atoms with Gasteiger partial charge in [0.2, 0.25) is 0 Å². The maximum atomic E-state index is 9.72. The fraction of sp³-hybridized carbons (Fsp3) is 1.00. The van der Waals surface area contributed by atoms with E-state index >= 15 is 0 Å². The van der Waals surface area contributed by atoms with Crippen LogP contribution >= 0.6 is 0 Å². The zero-order valence-corrected chi connectivity index (χ0v) is 13.2. The molecule has 0 aromatic carbocycles. The molecule has 2 atom stereocenters. The lowest BCUT2D eigenvalue weighted by molar-refractivity contribution is 0.0881. The van der Waals surface area contributed by atoms with Crippen LogP contribution in [0.5, 0.6) is 0 Å². The van der Waals surface area contributed by atoms with Crippen molar-refractivity contribution in [2.45, 2.75) is 57.0 Å². The summed E-state index contributed by atoms with van der Waals surface area (Å²) in [5.74, 6) is 0.854. The van der Waals surface area contributed by atoms with Gasteiger partial charge in [0.1, 0.15) is 0 Å². The van der Waals surface area contributed by atoms with E-state index in [0.29, 0.717) is 6.04 Å². The lowest BCUT2D eigenvalue weighted by atomic mass is 9.98. The first-order valence-corrected chi connectivity index (χ1v) is 8.33. The molecule has 2 N–H and O–H groups in total. The van der Waals surface area contributed by atoms with E-state index in [2.05, 4.69) is 24.2 Å². The average molecular weight is 284 g/mol. The molecule has 0 saturated heterocycles. The Morgan fingerprint density at radius 3 is 2.80 bits per heavy atom. The van der Waals surface area contributed by atoms with Crippen LogP contribution < -0.4 is 5.32 Å². The molecule has 2 aliphatic carbocycles. The van der Waals surface area contributed by atoms with Gasteiger partial charge in [0.25, 0.3) is 0 Å². The first kappa shape index (κ1) is 16.2. The number of aliphatic hydroxyl groups is 1. The van der Waals surface area contributed by atoms with E-state index in [9.17, 15) is 5.11 Å². The van der Waals surface area contributed by atoms with Gasteiger partial charge in [-0.05, 0) is 58.0 Å². The molecule has 2 saturated carbocycles. The Morgan fingerprint density at radius 2 is 2.15 bits per heavy atom. The number of nitrogens with zero attached hydrogens (tertiary/aromatic N) is 1. The van der Waals surface area contributed by atoms with Gasteiger partial charge >= 0.3 is 0 Å². The highest BCUT2D eigenvalue weighted by Crippen LogP contribution is 2.32. The summed E-state index contributed by atoms with van der Waals surface area (Å²) in [4.78, 5) is 2.41. The predicted octanol–water partition coefficient (Wildman–Crippen LogP) is 1.63. The van der Waals surface area contributed by atoms with E-state index in [1.165, 1.54) is 19.3 Å². The molecule has 4 heteroatoms. The number of rotatable bonds is 10. The summed E-state index contributed by atoms with van der Waals surface area (Å²) in [6.45, 7) is 6.24. The van der Waals surface area contributed by atoms with Gasteiger partial charge < -0.3 is 20.1 Å². The Kier molecular flexibility index (Phi) is 6.27. The molecule has 2 aliphatic rings. The third kappa shape index (κ3) is 4.69. The van der Waals surface area contributed by atoms with Crippen molar-refractivity contribution in [2.75, 3.05) is 40.0 Å². The zero-order chi connectivity index (χ0) is 14.4. The molecule has 0 amide bonds. The van der Waals surface area contributed by atoms with Crippen LogP contribution in [0.1, 0.15) is 45.4 Å². The smallest absolute Gasteiger partial charge is 0.0613 e. The molecule has 2 rings (SSSR count). The van der Waals surface area contributed by atoms with Gasteiger partial charge in [0, 0.05) is 24.7 Å². The van der Waals surface area contributed by atoms with Crippen LogP contribution in [-0.4, -0.2) is 61.5 Å². The third-order valence-electron chi connectivity index (χ3n) is 4.90. The molecule has 118 valence electrons. The van der Waals surface area contributed by atoms with Crippen molar-refractivity contribution in [3.63, 3.8) is 0 Å². The van der Waals surface area contributed by atoms with Gasteiger partial charge in [-0.25, -0.2) is 0 Å². The van der Waals surface area contributed by atoms with Crippen LogP contribution in [-0.2, 0) is 4.74 Å². The molecule has 0 radical (unpaired) electrons. The molecule has 2 unspecified atom stereocenters. The SMILES string of the molecule is CCCNC1(CO)CCC(N(C)CCOCC2CC2)C1.